The molecule has 2 saturated heterocycles. The van der Waals surface area contributed by atoms with Gasteiger partial charge in [0.25, 0.3) is 5.91 Å². The largest absolute Gasteiger partial charge is 0.364 e. The summed E-state index contributed by atoms with van der Waals surface area (Å²) in [6, 6.07) is 6.21. The summed E-state index contributed by atoms with van der Waals surface area (Å²) < 4.78 is 15.8. The summed E-state index contributed by atoms with van der Waals surface area (Å²) in [5.41, 5.74) is 7.42. The number of rotatable bonds is 6. The van der Waals surface area contributed by atoms with Crippen molar-refractivity contribution in [3.8, 4) is 11.1 Å². The quantitative estimate of drug-likeness (QED) is 0.439. The van der Waals surface area contributed by atoms with Gasteiger partial charge in [0.1, 0.15) is 18.8 Å². The number of benzene rings is 1. The number of nitrogens with zero attached hydrogens (tertiary/aromatic N) is 5. The number of nitrogens with one attached hydrogen (secondary N) is 2. The fourth-order valence-corrected chi connectivity index (χ4v) is 5.51. The van der Waals surface area contributed by atoms with E-state index < -0.39 is 24.0 Å². The highest BCUT2D eigenvalue weighted by Gasteiger charge is 2.59. The average Bonchev–Trinajstić information content (AvgIpc) is 3.19. The van der Waals surface area contributed by atoms with Crippen molar-refractivity contribution < 1.29 is 18.8 Å². The van der Waals surface area contributed by atoms with E-state index in [9.17, 15) is 18.8 Å². The van der Waals surface area contributed by atoms with Crippen LogP contribution >= 0.6 is 0 Å². The molecule has 2 aromatic heterocycles. The van der Waals surface area contributed by atoms with Crippen LogP contribution in [0.2, 0.25) is 0 Å². The summed E-state index contributed by atoms with van der Waals surface area (Å²) in [4.78, 5) is 39.7. The summed E-state index contributed by atoms with van der Waals surface area (Å²) in [6.45, 7) is 1.13. The van der Waals surface area contributed by atoms with Gasteiger partial charge in [-0.05, 0) is 36.1 Å². The minimum absolute atomic E-state index is 0.0216. The number of primary amides is 1. The monoisotopic (exact) mass is 492 g/mol. The SMILES string of the molecule is NC(=O)c1nn(CC(=O)N2CC(F)CC2C(=O)NC23CNCC2C3)c2ccc(-c3ccnnc3)cc12. The zero-order valence-corrected chi connectivity index (χ0v) is 19.4. The van der Waals surface area contributed by atoms with Gasteiger partial charge in [-0.3, -0.25) is 19.1 Å². The van der Waals surface area contributed by atoms with Crippen molar-refractivity contribution in [1.29, 1.82) is 0 Å². The van der Waals surface area contributed by atoms with Gasteiger partial charge in [-0.15, -0.1) is 0 Å². The molecule has 2 aliphatic heterocycles. The van der Waals surface area contributed by atoms with Gasteiger partial charge in [0.15, 0.2) is 5.69 Å². The van der Waals surface area contributed by atoms with Crippen molar-refractivity contribution >= 4 is 28.6 Å². The maximum Gasteiger partial charge on any atom is 0.269 e. The van der Waals surface area contributed by atoms with Crippen LogP contribution in [0.15, 0.2) is 36.7 Å². The van der Waals surface area contributed by atoms with E-state index in [0.29, 0.717) is 23.4 Å². The zero-order valence-electron chi connectivity index (χ0n) is 19.4. The fraction of sp³-hybridized carbons (Fsp3) is 0.417. The number of nitrogens with two attached hydrogens (primary N) is 1. The van der Waals surface area contributed by atoms with E-state index in [1.165, 1.54) is 9.58 Å². The molecular formula is C24H25FN8O3. The highest BCUT2D eigenvalue weighted by atomic mass is 19.1. The number of aromatic nitrogens is 4. The third kappa shape index (κ3) is 3.77. The van der Waals surface area contributed by atoms with E-state index in [1.807, 2.05) is 6.07 Å². The first-order chi connectivity index (χ1) is 17.3. The molecule has 4 unspecified atom stereocenters. The van der Waals surface area contributed by atoms with Gasteiger partial charge in [0, 0.05) is 30.5 Å². The van der Waals surface area contributed by atoms with Gasteiger partial charge < -0.3 is 21.3 Å². The highest BCUT2D eigenvalue weighted by molar-refractivity contribution is 6.05. The van der Waals surface area contributed by atoms with Gasteiger partial charge in [0.05, 0.1) is 30.0 Å². The lowest BCUT2D eigenvalue weighted by molar-refractivity contribution is -0.139. The van der Waals surface area contributed by atoms with Crippen LogP contribution < -0.4 is 16.4 Å². The number of likely N-dealkylation sites (tertiary alicyclic amines) is 1. The molecule has 1 aromatic carbocycles. The molecule has 0 spiro atoms. The predicted octanol–water partition coefficient (Wildman–Crippen LogP) is 0.00930. The normalized spacial score (nSPS) is 26.7. The summed E-state index contributed by atoms with van der Waals surface area (Å²) in [7, 11) is 0. The van der Waals surface area contributed by atoms with E-state index >= 15 is 0 Å². The van der Waals surface area contributed by atoms with Gasteiger partial charge in [-0.25, -0.2) is 4.39 Å². The molecule has 0 radical (unpaired) electrons. The second-order valence-corrected chi connectivity index (χ2v) is 9.81. The topological polar surface area (TPSA) is 148 Å². The highest BCUT2D eigenvalue weighted by Crippen LogP contribution is 2.46. The number of hydrogen-bond acceptors (Lipinski definition) is 7. The molecule has 0 bridgehead atoms. The smallest absolute Gasteiger partial charge is 0.269 e. The molecule has 3 amide bonds. The first-order valence-corrected chi connectivity index (χ1v) is 11.9. The van der Waals surface area contributed by atoms with E-state index in [1.54, 1.807) is 30.6 Å². The number of hydrogen-bond donors (Lipinski definition) is 3. The summed E-state index contributed by atoms with van der Waals surface area (Å²) >= 11 is 0. The molecule has 1 saturated carbocycles. The third-order valence-corrected chi connectivity index (χ3v) is 7.49. The van der Waals surface area contributed by atoms with Crippen molar-refractivity contribution in [3.63, 3.8) is 0 Å². The number of carbonyl (C=O) groups excluding carboxylic acids is 3. The zero-order chi connectivity index (χ0) is 25.0. The molecule has 186 valence electrons. The third-order valence-electron chi connectivity index (χ3n) is 7.49. The van der Waals surface area contributed by atoms with Gasteiger partial charge in [0.2, 0.25) is 11.8 Å². The van der Waals surface area contributed by atoms with Crippen LogP contribution in [0.25, 0.3) is 22.0 Å². The lowest BCUT2D eigenvalue weighted by atomic mass is 10.0. The van der Waals surface area contributed by atoms with Crippen LogP contribution in [-0.2, 0) is 16.1 Å². The molecular weight excluding hydrogens is 467 g/mol. The number of alkyl halides is 1. The fourth-order valence-electron chi connectivity index (χ4n) is 5.51. The van der Waals surface area contributed by atoms with Gasteiger partial charge in [-0.2, -0.15) is 15.3 Å². The standard InChI is InChI=1S/C24H25FN8O3/c25-16-6-19(23(36)30-24-7-15(24)9-27-12-24)32(10-16)20(34)11-33-18-2-1-13(14-3-4-28-29-8-14)5-17(18)21(31-33)22(26)35/h1-5,8,15-16,19,27H,6-7,9-12H2,(H2,26,35)(H,30,36). The van der Waals surface area contributed by atoms with Crippen molar-refractivity contribution in [1.82, 2.24) is 35.5 Å². The lowest BCUT2D eigenvalue weighted by Gasteiger charge is -2.26. The van der Waals surface area contributed by atoms with Crippen LogP contribution in [0.4, 0.5) is 4.39 Å². The summed E-state index contributed by atoms with van der Waals surface area (Å²) in [5.74, 6) is -1.12. The maximum atomic E-state index is 14.4. The number of piperidine rings is 1. The molecule has 3 aliphatic rings. The Morgan fingerprint density at radius 3 is 2.78 bits per heavy atom. The van der Waals surface area contributed by atoms with Crippen LogP contribution in [0.5, 0.6) is 0 Å². The van der Waals surface area contributed by atoms with Crippen LogP contribution in [0.1, 0.15) is 23.3 Å². The van der Waals surface area contributed by atoms with Gasteiger partial charge >= 0.3 is 0 Å². The maximum absolute atomic E-state index is 14.4. The van der Waals surface area contributed by atoms with E-state index in [2.05, 4.69) is 25.9 Å². The van der Waals surface area contributed by atoms with Crippen molar-refractivity contribution in [2.24, 2.45) is 11.7 Å². The Balaban J connectivity index is 1.26. The second kappa shape index (κ2) is 8.33. The molecule has 12 heteroatoms. The van der Waals surface area contributed by atoms with Crippen molar-refractivity contribution in [2.45, 2.75) is 37.1 Å². The van der Waals surface area contributed by atoms with Crippen LogP contribution in [-0.4, -0.2) is 80.0 Å². The molecule has 3 aromatic rings. The van der Waals surface area contributed by atoms with Crippen LogP contribution in [0, 0.1) is 5.92 Å². The number of fused-ring (bicyclic) bond motifs is 2. The van der Waals surface area contributed by atoms with E-state index in [4.69, 9.17) is 5.73 Å². The Hall–Kier alpha value is -3.93. The summed E-state index contributed by atoms with van der Waals surface area (Å²) in [6.07, 6.45) is 2.73. The lowest BCUT2D eigenvalue weighted by Crippen LogP contribution is -2.51. The molecule has 4 N–H and O–H groups in total. The molecule has 6 rings (SSSR count). The minimum atomic E-state index is -1.29. The van der Waals surface area contributed by atoms with Gasteiger partial charge in [-0.1, -0.05) is 6.07 Å². The molecule has 3 fully saturated rings. The number of carbonyl (C=O) groups is 3. The Morgan fingerprint density at radius 2 is 2.08 bits per heavy atom. The average molecular weight is 493 g/mol. The Morgan fingerprint density at radius 1 is 1.22 bits per heavy atom. The molecule has 4 heterocycles. The van der Waals surface area contributed by atoms with Crippen molar-refractivity contribution in [3.05, 3.63) is 42.4 Å². The Bertz CT molecular complexity index is 1380. The summed E-state index contributed by atoms with van der Waals surface area (Å²) in [5, 5.41) is 18.7. The molecule has 36 heavy (non-hydrogen) atoms. The predicted molar refractivity (Wildman–Crippen MR) is 126 cm³/mol. The Labute approximate surface area is 205 Å². The van der Waals surface area contributed by atoms with E-state index in [0.717, 1.165) is 24.1 Å². The Kier molecular flexibility index (Phi) is 5.21. The van der Waals surface area contributed by atoms with Crippen molar-refractivity contribution in [2.75, 3.05) is 19.6 Å². The first-order valence-electron chi connectivity index (χ1n) is 11.9. The molecule has 11 nitrogen and oxygen atoms in total. The molecule has 4 atom stereocenters. The van der Waals surface area contributed by atoms with E-state index in [-0.39, 0.29) is 36.7 Å². The second-order valence-electron chi connectivity index (χ2n) is 9.81. The molecule has 1 aliphatic carbocycles. The van der Waals surface area contributed by atoms with Crippen LogP contribution in [0.3, 0.4) is 0 Å². The number of amides is 3. The first kappa shape index (κ1) is 22.5. The number of halogens is 1. The minimum Gasteiger partial charge on any atom is -0.364 e.